The minimum Gasteiger partial charge on any atom is -0.462 e. The summed E-state index contributed by atoms with van der Waals surface area (Å²) in [6.45, 7) is -1.76. The van der Waals surface area contributed by atoms with Gasteiger partial charge in [-0.25, -0.2) is 9.18 Å². The molecule has 1 rings (SSSR count). The highest BCUT2D eigenvalue weighted by Crippen LogP contribution is 2.27. The van der Waals surface area contributed by atoms with Crippen molar-refractivity contribution in [2.45, 2.75) is 13.5 Å². The van der Waals surface area contributed by atoms with Gasteiger partial charge in [0.2, 0.25) is 0 Å². The first kappa shape index (κ1) is 13.8. The molecule has 4 nitrogen and oxygen atoms in total. The molecule has 0 bridgehead atoms. The van der Waals surface area contributed by atoms with Crippen molar-refractivity contribution in [3.05, 3.63) is 29.1 Å². The number of nitriles is 1. The molecule has 1 aromatic rings. The third kappa shape index (κ3) is 2.91. The number of ether oxygens (including phenoxy) is 2. The zero-order chi connectivity index (χ0) is 13.7. The third-order valence-corrected chi connectivity index (χ3v) is 1.92. The molecule has 1 aromatic carbocycles. The first-order valence-corrected chi connectivity index (χ1v) is 4.85. The Morgan fingerprint density at radius 2 is 2.17 bits per heavy atom. The number of alkyl halides is 2. The maximum absolute atomic E-state index is 13.3. The summed E-state index contributed by atoms with van der Waals surface area (Å²) in [7, 11) is 0. The van der Waals surface area contributed by atoms with E-state index < -0.39 is 35.3 Å². The molecule has 0 radical (unpaired) electrons. The van der Waals surface area contributed by atoms with Crippen molar-refractivity contribution < 1.29 is 27.4 Å². The molecule has 0 aliphatic heterocycles. The maximum Gasteiger partial charge on any atom is 0.387 e. The van der Waals surface area contributed by atoms with Gasteiger partial charge < -0.3 is 9.47 Å². The van der Waals surface area contributed by atoms with Gasteiger partial charge in [0.15, 0.2) is 0 Å². The van der Waals surface area contributed by atoms with E-state index in [1.165, 1.54) is 13.0 Å². The summed E-state index contributed by atoms with van der Waals surface area (Å²) in [4.78, 5) is 11.5. The first-order valence-electron chi connectivity index (χ1n) is 4.85. The van der Waals surface area contributed by atoms with E-state index in [2.05, 4.69) is 9.47 Å². The molecule has 0 saturated heterocycles. The zero-order valence-electron chi connectivity index (χ0n) is 9.25. The number of benzene rings is 1. The highest BCUT2D eigenvalue weighted by molar-refractivity contribution is 5.95. The van der Waals surface area contributed by atoms with Crippen LogP contribution in [-0.4, -0.2) is 19.2 Å². The first-order chi connectivity index (χ1) is 8.51. The lowest BCUT2D eigenvalue weighted by Gasteiger charge is -2.11. The van der Waals surface area contributed by atoms with E-state index in [1.54, 1.807) is 0 Å². The second kappa shape index (κ2) is 5.91. The van der Waals surface area contributed by atoms with Crippen molar-refractivity contribution in [2.75, 3.05) is 6.61 Å². The number of hydrogen-bond acceptors (Lipinski definition) is 4. The molecule has 96 valence electrons. The molecule has 0 fully saturated rings. The van der Waals surface area contributed by atoms with Gasteiger partial charge in [-0.15, -0.1) is 0 Å². The summed E-state index contributed by atoms with van der Waals surface area (Å²) in [6, 6.07) is 3.02. The number of carbonyl (C=O) groups is 1. The molecule has 0 amide bonds. The fourth-order valence-electron chi connectivity index (χ4n) is 1.27. The number of rotatable bonds is 4. The van der Waals surface area contributed by atoms with Gasteiger partial charge in [0.05, 0.1) is 6.61 Å². The number of esters is 1. The van der Waals surface area contributed by atoms with Crippen LogP contribution < -0.4 is 4.74 Å². The van der Waals surface area contributed by atoms with Crippen molar-refractivity contribution in [3.63, 3.8) is 0 Å². The van der Waals surface area contributed by atoms with Crippen molar-refractivity contribution in [2.24, 2.45) is 0 Å². The SMILES string of the molecule is CCOC(=O)c1c(OC(F)F)ccc(F)c1C#N. The summed E-state index contributed by atoms with van der Waals surface area (Å²) >= 11 is 0. The van der Waals surface area contributed by atoms with E-state index in [0.717, 1.165) is 12.1 Å². The predicted octanol–water partition coefficient (Wildman–Crippen LogP) is 2.48. The Morgan fingerprint density at radius 1 is 1.50 bits per heavy atom. The van der Waals surface area contributed by atoms with E-state index in [1.807, 2.05) is 0 Å². The second-order valence-electron chi connectivity index (χ2n) is 3.01. The second-order valence-corrected chi connectivity index (χ2v) is 3.01. The average Bonchev–Trinajstić information content (AvgIpc) is 2.30. The van der Waals surface area contributed by atoms with E-state index >= 15 is 0 Å². The molecule has 18 heavy (non-hydrogen) atoms. The van der Waals surface area contributed by atoms with Crippen LogP contribution in [0, 0.1) is 17.1 Å². The van der Waals surface area contributed by atoms with Crippen LogP contribution in [0.25, 0.3) is 0 Å². The summed E-state index contributed by atoms with van der Waals surface area (Å²) in [5.74, 6) is -2.70. The summed E-state index contributed by atoms with van der Waals surface area (Å²) in [6.07, 6.45) is 0. The van der Waals surface area contributed by atoms with Crippen molar-refractivity contribution >= 4 is 5.97 Å². The summed E-state index contributed by atoms with van der Waals surface area (Å²) in [5, 5.41) is 8.73. The fourth-order valence-corrected chi connectivity index (χ4v) is 1.27. The van der Waals surface area contributed by atoms with Crippen LogP contribution in [0.1, 0.15) is 22.8 Å². The Morgan fingerprint density at radius 3 is 2.67 bits per heavy atom. The summed E-state index contributed by atoms with van der Waals surface area (Å²) < 4.78 is 46.2. The van der Waals surface area contributed by atoms with E-state index in [-0.39, 0.29) is 6.61 Å². The molecule has 0 aromatic heterocycles. The molecule has 0 N–H and O–H groups in total. The smallest absolute Gasteiger partial charge is 0.387 e. The maximum atomic E-state index is 13.3. The molecule has 0 atom stereocenters. The van der Waals surface area contributed by atoms with Crippen molar-refractivity contribution in [1.82, 2.24) is 0 Å². The monoisotopic (exact) mass is 259 g/mol. The van der Waals surface area contributed by atoms with Gasteiger partial charge in [-0.05, 0) is 19.1 Å². The lowest BCUT2D eigenvalue weighted by molar-refractivity contribution is -0.0505. The van der Waals surface area contributed by atoms with Gasteiger partial charge in [0, 0.05) is 0 Å². The van der Waals surface area contributed by atoms with Gasteiger partial charge in [-0.2, -0.15) is 14.0 Å². The minimum absolute atomic E-state index is 0.0473. The van der Waals surface area contributed by atoms with E-state index in [0.29, 0.717) is 0 Å². The average molecular weight is 259 g/mol. The predicted molar refractivity (Wildman–Crippen MR) is 53.7 cm³/mol. The van der Waals surface area contributed by atoms with Crippen LogP contribution in [0.3, 0.4) is 0 Å². The topological polar surface area (TPSA) is 59.3 Å². The number of carbonyl (C=O) groups excluding carboxylic acids is 1. The van der Waals surface area contributed by atoms with Crippen LogP contribution in [0.5, 0.6) is 5.75 Å². The minimum atomic E-state index is -3.20. The molecule has 0 saturated carbocycles. The number of halogens is 3. The highest BCUT2D eigenvalue weighted by atomic mass is 19.3. The largest absolute Gasteiger partial charge is 0.462 e. The van der Waals surface area contributed by atoms with Crippen LogP contribution in [0.2, 0.25) is 0 Å². The number of nitrogens with zero attached hydrogens (tertiary/aromatic N) is 1. The molecule has 0 aliphatic rings. The summed E-state index contributed by atoms with van der Waals surface area (Å²) in [5.41, 5.74) is -1.33. The molecule has 7 heteroatoms. The molecular formula is C11H8F3NO3. The van der Waals surface area contributed by atoms with E-state index in [4.69, 9.17) is 5.26 Å². The van der Waals surface area contributed by atoms with Crippen LogP contribution >= 0.6 is 0 Å². The van der Waals surface area contributed by atoms with Crippen LogP contribution in [0.15, 0.2) is 12.1 Å². The zero-order valence-corrected chi connectivity index (χ0v) is 9.25. The third-order valence-electron chi connectivity index (χ3n) is 1.92. The molecule has 0 aliphatic carbocycles. The lowest BCUT2D eigenvalue weighted by Crippen LogP contribution is -2.13. The number of hydrogen-bond donors (Lipinski definition) is 0. The van der Waals surface area contributed by atoms with Gasteiger partial charge in [-0.3, -0.25) is 0 Å². The Kier molecular flexibility index (Phi) is 4.54. The normalized spacial score (nSPS) is 10.0. The molecule has 0 heterocycles. The Labute approximate surface area is 101 Å². The van der Waals surface area contributed by atoms with Crippen molar-refractivity contribution in [1.29, 1.82) is 5.26 Å². The Balaban J connectivity index is 3.35. The Bertz CT molecular complexity index is 497. The van der Waals surface area contributed by atoms with Gasteiger partial charge in [-0.1, -0.05) is 0 Å². The van der Waals surface area contributed by atoms with Gasteiger partial charge >= 0.3 is 12.6 Å². The van der Waals surface area contributed by atoms with Crippen LogP contribution in [-0.2, 0) is 4.74 Å². The Hall–Kier alpha value is -2.23. The van der Waals surface area contributed by atoms with Gasteiger partial charge in [0.1, 0.15) is 28.8 Å². The fraction of sp³-hybridized carbons (Fsp3) is 0.273. The van der Waals surface area contributed by atoms with Crippen molar-refractivity contribution in [3.8, 4) is 11.8 Å². The molecule has 0 unspecified atom stereocenters. The molecular weight excluding hydrogens is 251 g/mol. The van der Waals surface area contributed by atoms with Crippen LogP contribution in [0.4, 0.5) is 13.2 Å². The van der Waals surface area contributed by atoms with E-state index in [9.17, 15) is 18.0 Å². The molecule has 0 spiro atoms. The highest BCUT2D eigenvalue weighted by Gasteiger charge is 2.24. The lowest BCUT2D eigenvalue weighted by atomic mass is 10.1. The standard InChI is InChI=1S/C11H8F3NO3/c1-2-17-10(16)9-6(5-15)7(12)3-4-8(9)18-11(13)14/h3-4,11H,2H2,1H3. The quantitative estimate of drug-likeness (QED) is 0.779. The van der Waals surface area contributed by atoms with Gasteiger partial charge in [0.25, 0.3) is 0 Å².